The normalized spacial score (nSPS) is 19.5. The van der Waals surface area contributed by atoms with Crippen molar-refractivity contribution in [3.8, 4) is 0 Å². The van der Waals surface area contributed by atoms with Crippen LogP contribution in [0.4, 0.5) is 0 Å². The molecule has 0 radical (unpaired) electrons. The first-order valence-corrected chi connectivity index (χ1v) is 8.05. The Bertz CT molecular complexity index is 687. The summed E-state index contributed by atoms with van der Waals surface area (Å²) in [6.07, 6.45) is 8.82. The van der Waals surface area contributed by atoms with Crippen LogP contribution in [-0.2, 0) is 4.79 Å². The van der Waals surface area contributed by atoms with E-state index in [2.05, 4.69) is 11.9 Å². The maximum atomic E-state index is 12.4. The van der Waals surface area contributed by atoms with E-state index in [4.69, 9.17) is 0 Å². The largest absolute Gasteiger partial charge is 0.339 e. The van der Waals surface area contributed by atoms with Crippen molar-refractivity contribution in [3.63, 3.8) is 0 Å². The lowest BCUT2D eigenvalue weighted by atomic mass is 10.0. The van der Waals surface area contributed by atoms with E-state index in [-0.39, 0.29) is 5.91 Å². The van der Waals surface area contributed by atoms with Crippen molar-refractivity contribution < 1.29 is 4.79 Å². The molecular formula is C19H22N2O. The Balaban J connectivity index is 1.76. The van der Waals surface area contributed by atoms with Gasteiger partial charge in [0.15, 0.2) is 0 Å². The molecule has 0 spiro atoms. The molecule has 3 rings (SSSR count). The standard InChI is InChI=1S/C19H22N2O/c1-15-5-4-13-21(14-11-15)18(22)10-9-17-7-2-6-16-8-3-12-20-19(16)17/h2-3,6-10,12,15H,4-5,11,13-14H2,1H3. The number of hydrogen-bond donors (Lipinski definition) is 0. The van der Waals surface area contributed by atoms with Gasteiger partial charge in [-0.3, -0.25) is 9.78 Å². The van der Waals surface area contributed by atoms with Crippen LogP contribution >= 0.6 is 0 Å². The van der Waals surface area contributed by atoms with E-state index in [1.165, 1.54) is 6.42 Å². The monoisotopic (exact) mass is 294 g/mol. The predicted octanol–water partition coefficient (Wildman–Crippen LogP) is 3.90. The van der Waals surface area contributed by atoms with Gasteiger partial charge in [-0.1, -0.05) is 31.2 Å². The van der Waals surface area contributed by atoms with Gasteiger partial charge in [-0.15, -0.1) is 0 Å². The van der Waals surface area contributed by atoms with Crippen LogP contribution in [0.25, 0.3) is 17.0 Å². The highest BCUT2D eigenvalue weighted by atomic mass is 16.2. The maximum absolute atomic E-state index is 12.4. The quantitative estimate of drug-likeness (QED) is 0.787. The molecule has 1 aromatic carbocycles. The molecule has 1 atom stereocenters. The van der Waals surface area contributed by atoms with Gasteiger partial charge in [0.25, 0.3) is 0 Å². The highest BCUT2D eigenvalue weighted by Crippen LogP contribution is 2.19. The van der Waals surface area contributed by atoms with E-state index in [1.807, 2.05) is 41.3 Å². The lowest BCUT2D eigenvalue weighted by Gasteiger charge is -2.18. The minimum Gasteiger partial charge on any atom is -0.339 e. The van der Waals surface area contributed by atoms with Crippen molar-refractivity contribution in [2.75, 3.05) is 13.1 Å². The number of likely N-dealkylation sites (tertiary alicyclic amines) is 1. The minimum absolute atomic E-state index is 0.113. The second kappa shape index (κ2) is 6.73. The molecule has 22 heavy (non-hydrogen) atoms. The summed E-state index contributed by atoms with van der Waals surface area (Å²) in [6.45, 7) is 4.02. The zero-order valence-electron chi connectivity index (χ0n) is 13.0. The van der Waals surface area contributed by atoms with Crippen LogP contribution in [0.3, 0.4) is 0 Å². The SMILES string of the molecule is CC1CCCN(C(=O)C=Cc2cccc3cccnc23)CC1. The number of carbonyl (C=O) groups excluding carboxylic acids is 1. The first-order valence-electron chi connectivity index (χ1n) is 8.05. The Labute approximate surface area is 131 Å². The molecule has 0 aliphatic carbocycles. The van der Waals surface area contributed by atoms with Gasteiger partial charge >= 0.3 is 0 Å². The number of pyridine rings is 1. The summed E-state index contributed by atoms with van der Waals surface area (Å²) in [4.78, 5) is 18.8. The number of nitrogens with zero attached hydrogens (tertiary/aromatic N) is 2. The molecule has 2 aromatic rings. The van der Waals surface area contributed by atoms with Gasteiger partial charge in [0, 0.05) is 36.3 Å². The number of fused-ring (bicyclic) bond motifs is 1. The van der Waals surface area contributed by atoms with E-state index in [1.54, 1.807) is 12.3 Å². The van der Waals surface area contributed by atoms with Crippen LogP contribution < -0.4 is 0 Å². The molecule has 1 aliphatic heterocycles. The Morgan fingerprint density at radius 2 is 2.09 bits per heavy atom. The Morgan fingerprint density at radius 3 is 3.00 bits per heavy atom. The second-order valence-corrected chi connectivity index (χ2v) is 6.12. The molecule has 3 nitrogen and oxygen atoms in total. The van der Waals surface area contributed by atoms with Gasteiger partial charge in [-0.05, 0) is 37.3 Å². The van der Waals surface area contributed by atoms with Crippen LogP contribution in [0, 0.1) is 5.92 Å². The molecule has 1 fully saturated rings. The van der Waals surface area contributed by atoms with E-state index < -0.39 is 0 Å². The van der Waals surface area contributed by atoms with Crippen LogP contribution in [0.1, 0.15) is 31.7 Å². The van der Waals surface area contributed by atoms with Gasteiger partial charge in [-0.25, -0.2) is 0 Å². The smallest absolute Gasteiger partial charge is 0.246 e. The summed E-state index contributed by atoms with van der Waals surface area (Å²) < 4.78 is 0. The zero-order chi connectivity index (χ0) is 15.4. The van der Waals surface area contributed by atoms with Crippen LogP contribution in [0.5, 0.6) is 0 Å². The fourth-order valence-electron chi connectivity index (χ4n) is 3.01. The molecule has 0 bridgehead atoms. The molecule has 1 aliphatic rings. The van der Waals surface area contributed by atoms with Crippen molar-refractivity contribution in [1.82, 2.24) is 9.88 Å². The topological polar surface area (TPSA) is 33.2 Å². The minimum atomic E-state index is 0.113. The summed E-state index contributed by atoms with van der Waals surface area (Å²) in [6, 6.07) is 10.0. The van der Waals surface area contributed by atoms with E-state index in [9.17, 15) is 4.79 Å². The molecule has 114 valence electrons. The van der Waals surface area contributed by atoms with E-state index in [0.717, 1.165) is 48.3 Å². The summed E-state index contributed by atoms with van der Waals surface area (Å²) in [7, 11) is 0. The molecular weight excluding hydrogens is 272 g/mol. The first-order chi connectivity index (χ1) is 10.7. The summed E-state index contributed by atoms with van der Waals surface area (Å²) in [5.74, 6) is 0.839. The van der Waals surface area contributed by atoms with Crippen molar-refractivity contribution in [2.45, 2.75) is 26.2 Å². The highest BCUT2D eigenvalue weighted by molar-refractivity contribution is 5.95. The Kier molecular flexibility index (Phi) is 4.52. The van der Waals surface area contributed by atoms with Gasteiger partial charge in [0.2, 0.25) is 5.91 Å². The molecule has 3 heteroatoms. The maximum Gasteiger partial charge on any atom is 0.246 e. The van der Waals surface area contributed by atoms with Gasteiger partial charge in [0.1, 0.15) is 0 Å². The van der Waals surface area contributed by atoms with Crippen molar-refractivity contribution >= 4 is 22.9 Å². The fraction of sp³-hybridized carbons (Fsp3) is 0.368. The number of para-hydroxylation sites is 1. The van der Waals surface area contributed by atoms with Crippen LogP contribution in [0.15, 0.2) is 42.6 Å². The summed E-state index contributed by atoms with van der Waals surface area (Å²) >= 11 is 0. The first kappa shape index (κ1) is 14.8. The number of carbonyl (C=O) groups is 1. The Morgan fingerprint density at radius 1 is 1.23 bits per heavy atom. The zero-order valence-corrected chi connectivity index (χ0v) is 13.0. The third-order valence-electron chi connectivity index (χ3n) is 4.40. The highest BCUT2D eigenvalue weighted by Gasteiger charge is 2.16. The lowest BCUT2D eigenvalue weighted by Crippen LogP contribution is -2.30. The summed E-state index contributed by atoms with van der Waals surface area (Å²) in [5, 5.41) is 1.10. The van der Waals surface area contributed by atoms with Crippen LogP contribution in [-0.4, -0.2) is 28.9 Å². The van der Waals surface area contributed by atoms with Gasteiger partial charge in [0.05, 0.1) is 5.52 Å². The third kappa shape index (κ3) is 3.35. The lowest BCUT2D eigenvalue weighted by molar-refractivity contribution is -0.125. The molecule has 1 saturated heterocycles. The number of amides is 1. The fourth-order valence-corrected chi connectivity index (χ4v) is 3.01. The third-order valence-corrected chi connectivity index (χ3v) is 4.40. The molecule has 2 heterocycles. The number of aromatic nitrogens is 1. The van der Waals surface area contributed by atoms with Crippen molar-refractivity contribution in [1.29, 1.82) is 0 Å². The van der Waals surface area contributed by atoms with Crippen LogP contribution in [0.2, 0.25) is 0 Å². The van der Waals surface area contributed by atoms with E-state index in [0.29, 0.717) is 0 Å². The molecule has 0 N–H and O–H groups in total. The van der Waals surface area contributed by atoms with Crippen molar-refractivity contribution in [3.05, 3.63) is 48.2 Å². The molecule has 1 unspecified atom stereocenters. The summed E-state index contributed by atoms with van der Waals surface area (Å²) in [5.41, 5.74) is 1.94. The molecule has 1 aromatic heterocycles. The number of benzene rings is 1. The number of hydrogen-bond acceptors (Lipinski definition) is 2. The van der Waals surface area contributed by atoms with Gasteiger partial charge < -0.3 is 4.90 Å². The predicted molar refractivity (Wildman–Crippen MR) is 90.4 cm³/mol. The van der Waals surface area contributed by atoms with E-state index >= 15 is 0 Å². The molecule has 0 saturated carbocycles. The molecule has 1 amide bonds. The van der Waals surface area contributed by atoms with Crippen molar-refractivity contribution in [2.24, 2.45) is 5.92 Å². The Hall–Kier alpha value is -2.16. The average Bonchev–Trinajstić information content (AvgIpc) is 2.77. The number of rotatable bonds is 2. The second-order valence-electron chi connectivity index (χ2n) is 6.12. The van der Waals surface area contributed by atoms with Gasteiger partial charge in [-0.2, -0.15) is 0 Å². The average molecular weight is 294 g/mol.